The summed E-state index contributed by atoms with van der Waals surface area (Å²) in [5.41, 5.74) is 0.875. The first-order valence-electron chi connectivity index (χ1n) is 8.84. The molecule has 0 saturated carbocycles. The van der Waals surface area contributed by atoms with E-state index in [-0.39, 0.29) is 18.3 Å². The summed E-state index contributed by atoms with van der Waals surface area (Å²) in [5.74, 6) is 0.729. The van der Waals surface area contributed by atoms with Crippen LogP contribution >= 0.6 is 23.4 Å². The van der Waals surface area contributed by atoms with Crippen LogP contribution in [-0.4, -0.2) is 39.5 Å². The maximum absolute atomic E-state index is 12.3. The van der Waals surface area contributed by atoms with Crippen molar-refractivity contribution in [3.8, 4) is 5.75 Å². The molecular weight excluding hydrogens is 428 g/mol. The molecule has 2 aromatic carbocycles. The molecule has 0 saturated heterocycles. The molecule has 0 fully saturated rings. The van der Waals surface area contributed by atoms with Crippen LogP contribution in [-0.2, 0) is 23.2 Å². The number of methoxy groups -OCH3 is 1. The summed E-state index contributed by atoms with van der Waals surface area (Å²) < 4.78 is 12.1. The van der Waals surface area contributed by atoms with Crippen molar-refractivity contribution in [3.63, 3.8) is 0 Å². The van der Waals surface area contributed by atoms with Crippen LogP contribution in [0.3, 0.4) is 0 Å². The number of anilines is 1. The Morgan fingerprint density at radius 1 is 1.17 bits per heavy atom. The van der Waals surface area contributed by atoms with Gasteiger partial charge in [0.15, 0.2) is 11.0 Å². The second-order valence-corrected chi connectivity index (χ2v) is 7.49. The Hall–Kier alpha value is -3.04. The summed E-state index contributed by atoms with van der Waals surface area (Å²) in [5, 5.41) is 12.2. The zero-order valence-corrected chi connectivity index (χ0v) is 17.9. The summed E-state index contributed by atoms with van der Waals surface area (Å²) in [7, 11) is 3.11. The van der Waals surface area contributed by atoms with Crippen LogP contribution in [0, 0.1) is 0 Å². The van der Waals surface area contributed by atoms with Gasteiger partial charge in [-0.05, 0) is 42.5 Å². The summed E-state index contributed by atoms with van der Waals surface area (Å²) >= 11 is 7.11. The van der Waals surface area contributed by atoms with Gasteiger partial charge in [0, 0.05) is 17.8 Å². The van der Waals surface area contributed by atoms with Crippen molar-refractivity contribution in [2.75, 3.05) is 18.2 Å². The normalized spacial score (nSPS) is 10.5. The van der Waals surface area contributed by atoms with E-state index in [9.17, 15) is 9.59 Å². The standard InChI is InChI=1S/C20H19ClN4O4S/c1-25-17(11-29-16-8-6-14(21)7-9-16)23-24-20(25)30-12-18(26)22-15-5-3-4-13(10-15)19(27)28-2/h3-10H,11-12H2,1-2H3,(H,22,26). The quantitative estimate of drug-likeness (QED) is 0.417. The number of hydrogen-bond acceptors (Lipinski definition) is 7. The number of nitrogens with one attached hydrogen (secondary N) is 1. The van der Waals surface area contributed by atoms with Crippen LogP contribution in [0.2, 0.25) is 5.02 Å². The van der Waals surface area contributed by atoms with E-state index in [4.69, 9.17) is 16.3 Å². The van der Waals surface area contributed by atoms with E-state index >= 15 is 0 Å². The second kappa shape index (κ2) is 10.1. The van der Waals surface area contributed by atoms with Crippen LogP contribution in [0.1, 0.15) is 16.2 Å². The first-order valence-corrected chi connectivity index (χ1v) is 10.2. The lowest BCUT2D eigenvalue weighted by molar-refractivity contribution is -0.113. The van der Waals surface area contributed by atoms with Gasteiger partial charge < -0.3 is 19.4 Å². The molecule has 1 heterocycles. The van der Waals surface area contributed by atoms with Crippen molar-refractivity contribution in [1.82, 2.24) is 14.8 Å². The van der Waals surface area contributed by atoms with E-state index in [0.717, 1.165) is 0 Å². The molecule has 0 aliphatic rings. The maximum Gasteiger partial charge on any atom is 0.337 e. The van der Waals surface area contributed by atoms with E-state index < -0.39 is 5.97 Å². The van der Waals surface area contributed by atoms with Gasteiger partial charge in [-0.2, -0.15) is 0 Å². The van der Waals surface area contributed by atoms with Crippen LogP contribution in [0.4, 0.5) is 5.69 Å². The Kier molecular flexibility index (Phi) is 7.31. The number of halogens is 1. The van der Waals surface area contributed by atoms with Crippen molar-refractivity contribution in [2.24, 2.45) is 7.05 Å². The van der Waals surface area contributed by atoms with Crippen LogP contribution in [0.25, 0.3) is 0 Å². The number of ether oxygens (including phenoxy) is 2. The average Bonchev–Trinajstić information content (AvgIpc) is 3.11. The predicted octanol–water partition coefficient (Wildman–Crippen LogP) is 3.56. The molecule has 156 valence electrons. The molecule has 0 aliphatic carbocycles. The molecule has 10 heteroatoms. The second-order valence-electron chi connectivity index (χ2n) is 6.11. The van der Waals surface area contributed by atoms with Gasteiger partial charge in [-0.1, -0.05) is 29.4 Å². The van der Waals surface area contributed by atoms with E-state index in [1.807, 2.05) is 0 Å². The number of benzene rings is 2. The lowest BCUT2D eigenvalue weighted by Gasteiger charge is -2.08. The monoisotopic (exact) mass is 446 g/mol. The molecular formula is C20H19ClN4O4S. The first-order chi connectivity index (χ1) is 14.5. The molecule has 0 spiro atoms. The highest BCUT2D eigenvalue weighted by molar-refractivity contribution is 7.99. The molecule has 0 bridgehead atoms. The number of amides is 1. The van der Waals surface area contributed by atoms with Crippen LogP contribution in [0.15, 0.2) is 53.7 Å². The third-order valence-corrected chi connectivity index (χ3v) is 5.28. The molecule has 1 amide bonds. The molecule has 1 N–H and O–H groups in total. The Balaban J connectivity index is 1.53. The van der Waals surface area contributed by atoms with Gasteiger partial charge >= 0.3 is 5.97 Å². The van der Waals surface area contributed by atoms with Gasteiger partial charge in [-0.15, -0.1) is 10.2 Å². The number of carbonyl (C=O) groups excluding carboxylic acids is 2. The topological polar surface area (TPSA) is 95.3 Å². The summed E-state index contributed by atoms with van der Waals surface area (Å²) in [4.78, 5) is 23.8. The predicted molar refractivity (Wildman–Crippen MR) is 114 cm³/mol. The third-order valence-electron chi connectivity index (χ3n) is 4.01. The molecule has 8 nitrogen and oxygen atoms in total. The highest BCUT2D eigenvalue weighted by Gasteiger charge is 2.13. The van der Waals surface area contributed by atoms with Gasteiger partial charge in [0.1, 0.15) is 12.4 Å². The number of aromatic nitrogens is 3. The first kappa shape index (κ1) is 21.7. The van der Waals surface area contributed by atoms with E-state index in [0.29, 0.717) is 33.0 Å². The minimum atomic E-state index is -0.465. The SMILES string of the molecule is COC(=O)c1cccc(NC(=O)CSc2nnc(COc3ccc(Cl)cc3)n2C)c1. The molecule has 30 heavy (non-hydrogen) atoms. The van der Waals surface area contributed by atoms with E-state index in [1.54, 1.807) is 60.1 Å². The van der Waals surface area contributed by atoms with E-state index in [1.165, 1.54) is 18.9 Å². The molecule has 0 unspecified atom stereocenters. The minimum absolute atomic E-state index is 0.131. The van der Waals surface area contributed by atoms with Crippen molar-refractivity contribution in [1.29, 1.82) is 0 Å². The molecule has 3 aromatic rings. The van der Waals surface area contributed by atoms with Gasteiger partial charge in [0.05, 0.1) is 18.4 Å². The van der Waals surface area contributed by atoms with Crippen LogP contribution < -0.4 is 10.1 Å². The lowest BCUT2D eigenvalue weighted by Crippen LogP contribution is -2.15. The fourth-order valence-corrected chi connectivity index (χ4v) is 3.30. The molecule has 0 atom stereocenters. The van der Waals surface area contributed by atoms with Crippen molar-refractivity contribution < 1.29 is 19.1 Å². The molecule has 1 aromatic heterocycles. The van der Waals surface area contributed by atoms with Crippen molar-refractivity contribution >= 4 is 40.9 Å². The Bertz CT molecular complexity index is 1040. The Morgan fingerprint density at radius 2 is 1.93 bits per heavy atom. The average molecular weight is 447 g/mol. The highest BCUT2D eigenvalue weighted by Crippen LogP contribution is 2.19. The number of nitrogens with zero attached hydrogens (tertiary/aromatic N) is 3. The van der Waals surface area contributed by atoms with Crippen LogP contribution in [0.5, 0.6) is 5.75 Å². The molecule has 3 rings (SSSR count). The van der Waals surface area contributed by atoms with E-state index in [2.05, 4.69) is 20.3 Å². The number of esters is 1. The largest absolute Gasteiger partial charge is 0.486 e. The summed E-state index contributed by atoms with van der Waals surface area (Å²) in [6, 6.07) is 13.6. The van der Waals surface area contributed by atoms with Gasteiger partial charge in [-0.25, -0.2) is 4.79 Å². The Labute approximate surface area is 182 Å². The van der Waals surface area contributed by atoms with Gasteiger partial charge in [0.2, 0.25) is 5.91 Å². The Morgan fingerprint density at radius 3 is 2.67 bits per heavy atom. The molecule has 0 radical (unpaired) electrons. The fraction of sp³-hybridized carbons (Fsp3) is 0.200. The van der Waals surface area contributed by atoms with Gasteiger partial charge in [-0.3, -0.25) is 4.79 Å². The summed E-state index contributed by atoms with van der Waals surface area (Å²) in [6.45, 7) is 0.234. The fourth-order valence-electron chi connectivity index (χ4n) is 2.44. The number of carbonyl (C=O) groups is 2. The smallest absolute Gasteiger partial charge is 0.337 e. The zero-order valence-electron chi connectivity index (χ0n) is 16.3. The zero-order chi connectivity index (χ0) is 21.5. The lowest BCUT2D eigenvalue weighted by atomic mass is 10.2. The number of thioether (sulfide) groups is 1. The highest BCUT2D eigenvalue weighted by atomic mass is 35.5. The van der Waals surface area contributed by atoms with Crippen molar-refractivity contribution in [2.45, 2.75) is 11.8 Å². The minimum Gasteiger partial charge on any atom is -0.486 e. The maximum atomic E-state index is 12.3. The summed E-state index contributed by atoms with van der Waals surface area (Å²) in [6.07, 6.45) is 0. The third kappa shape index (κ3) is 5.74. The number of rotatable bonds is 8. The van der Waals surface area contributed by atoms with Gasteiger partial charge in [0.25, 0.3) is 0 Å². The molecule has 0 aliphatic heterocycles. The van der Waals surface area contributed by atoms with Crippen molar-refractivity contribution in [3.05, 3.63) is 64.9 Å². The number of hydrogen-bond donors (Lipinski definition) is 1.